The fourth-order valence-corrected chi connectivity index (χ4v) is 4.08. The highest BCUT2D eigenvalue weighted by atomic mass is 16.1. The number of fused-ring (bicyclic) bond motifs is 1. The molecule has 6 nitrogen and oxygen atoms in total. The van der Waals surface area contributed by atoms with Gasteiger partial charge in [0.25, 0.3) is 0 Å². The first kappa shape index (κ1) is 21.6. The number of likely N-dealkylation sites (N-methyl/N-ethyl adjacent to an activating group) is 1. The Morgan fingerprint density at radius 3 is 2.47 bits per heavy atom. The molecule has 0 atom stereocenters. The van der Waals surface area contributed by atoms with E-state index >= 15 is 0 Å². The van der Waals surface area contributed by atoms with Crippen LogP contribution in [0.15, 0.2) is 84.3 Å². The number of hydrogen-bond donors (Lipinski definition) is 1. The van der Waals surface area contributed by atoms with Crippen molar-refractivity contribution in [1.29, 1.82) is 0 Å². The molecule has 1 N–H and O–H groups in total. The average Bonchev–Trinajstić information content (AvgIpc) is 2.79. The van der Waals surface area contributed by atoms with Gasteiger partial charge in [0.1, 0.15) is 5.82 Å². The fourth-order valence-electron chi connectivity index (χ4n) is 4.08. The molecule has 1 aromatic carbocycles. The van der Waals surface area contributed by atoms with E-state index in [1.807, 2.05) is 54.0 Å². The van der Waals surface area contributed by atoms with Crippen LogP contribution in [0.4, 0.5) is 11.5 Å². The van der Waals surface area contributed by atoms with Crippen LogP contribution in [-0.2, 0) is 0 Å². The van der Waals surface area contributed by atoms with Crippen molar-refractivity contribution >= 4 is 22.5 Å². The van der Waals surface area contributed by atoms with Crippen LogP contribution in [0.2, 0.25) is 0 Å². The number of piperazine rings is 1. The maximum absolute atomic E-state index is 13.5. The standard InChI is InChI=1S/C26H29N5O/c1-5-10-20(6-2)28-24-18-23(32)25-22(30-15-13-29(4)14-16-30)17-19(3)27-26(25)31(24)21-11-8-7-9-12-21/h5-12,17-18,28H,1-2,13-16H2,3-4H3/b20-10+. The SMILES string of the molecule is C=C/C=C(\C=C)Nc1cc(=O)c2c(N3CCN(C)CC3)cc(C)nc2n1-c1ccccc1. The maximum atomic E-state index is 13.5. The molecule has 1 fully saturated rings. The number of benzene rings is 1. The van der Waals surface area contributed by atoms with Gasteiger partial charge in [0.2, 0.25) is 0 Å². The molecule has 0 spiro atoms. The fraction of sp³-hybridized carbons (Fsp3) is 0.231. The number of nitrogens with zero attached hydrogens (tertiary/aromatic N) is 4. The Labute approximate surface area is 188 Å². The molecular weight excluding hydrogens is 398 g/mol. The number of aromatic nitrogens is 2. The largest absolute Gasteiger partial charge is 0.368 e. The summed E-state index contributed by atoms with van der Waals surface area (Å²) in [5, 5.41) is 3.97. The van der Waals surface area contributed by atoms with E-state index < -0.39 is 0 Å². The highest BCUT2D eigenvalue weighted by Gasteiger charge is 2.22. The first-order chi connectivity index (χ1) is 15.5. The second-order valence-electron chi connectivity index (χ2n) is 8.02. The minimum atomic E-state index is -0.0573. The third-order valence-electron chi connectivity index (χ3n) is 5.72. The van der Waals surface area contributed by atoms with Crippen LogP contribution in [0.25, 0.3) is 16.7 Å². The lowest BCUT2D eigenvalue weighted by Crippen LogP contribution is -2.44. The molecule has 1 aliphatic rings. The predicted octanol–water partition coefficient (Wildman–Crippen LogP) is 4.11. The number of aryl methyl sites for hydroxylation is 1. The van der Waals surface area contributed by atoms with Gasteiger partial charge in [-0.3, -0.25) is 9.36 Å². The van der Waals surface area contributed by atoms with E-state index in [9.17, 15) is 4.79 Å². The first-order valence-corrected chi connectivity index (χ1v) is 10.8. The monoisotopic (exact) mass is 427 g/mol. The van der Waals surface area contributed by atoms with Crippen molar-refractivity contribution in [2.45, 2.75) is 6.92 Å². The van der Waals surface area contributed by atoms with Crippen molar-refractivity contribution in [1.82, 2.24) is 14.5 Å². The van der Waals surface area contributed by atoms with Gasteiger partial charge in [-0.15, -0.1) is 0 Å². The summed E-state index contributed by atoms with van der Waals surface area (Å²) < 4.78 is 2.00. The normalized spacial score (nSPS) is 15.1. The smallest absolute Gasteiger partial charge is 0.195 e. The summed E-state index contributed by atoms with van der Waals surface area (Å²) in [6, 6.07) is 13.6. The first-order valence-electron chi connectivity index (χ1n) is 10.8. The molecule has 32 heavy (non-hydrogen) atoms. The number of hydrogen-bond acceptors (Lipinski definition) is 5. The quantitative estimate of drug-likeness (QED) is 0.600. The van der Waals surface area contributed by atoms with E-state index in [-0.39, 0.29) is 5.43 Å². The highest BCUT2D eigenvalue weighted by molar-refractivity contribution is 5.92. The lowest BCUT2D eigenvalue weighted by molar-refractivity contribution is 0.313. The Bertz CT molecular complexity index is 1230. The molecule has 6 heteroatoms. The van der Waals surface area contributed by atoms with Crippen LogP contribution in [0, 0.1) is 6.92 Å². The molecule has 0 unspecified atom stereocenters. The second kappa shape index (κ2) is 9.24. The van der Waals surface area contributed by atoms with Crippen LogP contribution in [0.1, 0.15) is 5.69 Å². The summed E-state index contributed by atoms with van der Waals surface area (Å²) in [6.07, 6.45) is 5.20. The van der Waals surface area contributed by atoms with E-state index in [1.165, 1.54) is 0 Å². The number of nitrogens with one attached hydrogen (secondary N) is 1. The van der Waals surface area contributed by atoms with Crippen molar-refractivity contribution in [3.63, 3.8) is 0 Å². The van der Waals surface area contributed by atoms with Gasteiger partial charge < -0.3 is 15.1 Å². The van der Waals surface area contributed by atoms with Gasteiger partial charge >= 0.3 is 0 Å². The number of para-hydroxylation sites is 1. The van der Waals surface area contributed by atoms with Gasteiger partial charge in [-0.1, -0.05) is 37.4 Å². The zero-order chi connectivity index (χ0) is 22.7. The van der Waals surface area contributed by atoms with Crippen molar-refractivity contribution in [3.05, 3.63) is 95.5 Å². The van der Waals surface area contributed by atoms with Crippen molar-refractivity contribution < 1.29 is 0 Å². The zero-order valence-electron chi connectivity index (χ0n) is 18.7. The van der Waals surface area contributed by atoms with Gasteiger partial charge in [0.05, 0.1) is 11.1 Å². The van der Waals surface area contributed by atoms with Gasteiger partial charge in [0.15, 0.2) is 11.1 Å². The molecule has 3 aromatic rings. The molecule has 1 saturated heterocycles. The molecule has 0 bridgehead atoms. The number of anilines is 2. The van der Waals surface area contributed by atoms with Crippen LogP contribution >= 0.6 is 0 Å². The molecular formula is C26H29N5O. The third-order valence-corrected chi connectivity index (χ3v) is 5.72. The molecule has 0 aliphatic carbocycles. The van der Waals surface area contributed by atoms with Crippen molar-refractivity contribution in [3.8, 4) is 5.69 Å². The summed E-state index contributed by atoms with van der Waals surface area (Å²) in [7, 11) is 2.13. The van der Waals surface area contributed by atoms with E-state index in [1.54, 1.807) is 18.2 Å². The Hall–Kier alpha value is -3.64. The minimum Gasteiger partial charge on any atom is -0.368 e. The maximum Gasteiger partial charge on any atom is 0.195 e. The van der Waals surface area contributed by atoms with Crippen LogP contribution in [0.3, 0.4) is 0 Å². The van der Waals surface area contributed by atoms with Gasteiger partial charge in [-0.25, -0.2) is 4.98 Å². The number of pyridine rings is 2. The van der Waals surface area contributed by atoms with Gasteiger partial charge in [0, 0.05) is 49.3 Å². The molecule has 164 valence electrons. The Morgan fingerprint density at radius 1 is 1.09 bits per heavy atom. The molecule has 4 rings (SSSR count). The van der Waals surface area contributed by atoms with Crippen molar-refractivity contribution in [2.24, 2.45) is 0 Å². The molecule has 2 aromatic heterocycles. The summed E-state index contributed by atoms with van der Waals surface area (Å²) in [5.41, 5.74) is 4.07. The van der Waals surface area contributed by atoms with Gasteiger partial charge in [-0.05, 0) is 44.3 Å². The molecule has 3 heterocycles. The van der Waals surface area contributed by atoms with Crippen molar-refractivity contribution in [2.75, 3.05) is 43.4 Å². The third kappa shape index (κ3) is 4.22. The summed E-state index contributed by atoms with van der Waals surface area (Å²) >= 11 is 0. The lowest BCUT2D eigenvalue weighted by atomic mass is 10.1. The van der Waals surface area contributed by atoms with E-state index in [2.05, 4.69) is 35.3 Å². The highest BCUT2D eigenvalue weighted by Crippen LogP contribution is 2.30. The van der Waals surface area contributed by atoms with E-state index in [4.69, 9.17) is 4.98 Å². The Kier molecular flexibility index (Phi) is 6.23. The summed E-state index contributed by atoms with van der Waals surface area (Å²) in [4.78, 5) is 22.9. The average molecular weight is 428 g/mol. The summed E-state index contributed by atoms with van der Waals surface area (Å²) in [6.45, 7) is 13.3. The molecule has 0 radical (unpaired) electrons. The zero-order valence-corrected chi connectivity index (χ0v) is 18.7. The summed E-state index contributed by atoms with van der Waals surface area (Å²) in [5.74, 6) is 0.629. The Balaban J connectivity index is 2.00. The molecule has 0 amide bonds. The lowest BCUT2D eigenvalue weighted by Gasteiger charge is -2.34. The Morgan fingerprint density at radius 2 is 1.81 bits per heavy atom. The predicted molar refractivity (Wildman–Crippen MR) is 134 cm³/mol. The van der Waals surface area contributed by atoms with Gasteiger partial charge in [-0.2, -0.15) is 0 Å². The minimum absolute atomic E-state index is 0.0573. The topological polar surface area (TPSA) is 53.4 Å². The number of allylic oxidation sites excluding steroid dienone is 3. The van der Waals surface area contributed by atoms with Crippen LogP contribution in [-0.4, -0.2) is 47.7 Å². The van der Waals surface area contributed by atoms with E-state index in [0.29, 0.717) is 16.9 Å². The second-order valence-corrected chi connectivity index (χ2v) is 8.02. The number of rotatable bonds is 6. The van der Waals surface area contributed by atoms with E-state index in [0.717, 1.165) is 48.9 Å². The molecule has 1 aliphatic heterocycles. The van der Waals surface area contributed by atoms with Crippen LogP contribution in [0.5, 0.6) is 0 Å². The van der Waals surface area contributed by atoms with Crippen LogP contribution < -0.4 is 15.6 Å². The molecule has 0 saturated carbocycles.